The van der Waals surface area contributed by atoms with Crippen molar-refractivity contribution in [3.05, 3.63) is 66.9 Å². The number of aromatic nitrogens is 5. The van der Waals surface area contributed by atoms with Gasteiger partial charge in [-0.05, 0) is 44.5 Å². The normalized spacial score (nSPS) is 15.0. The molecule has 0 unspecified atom stereocenters. The van der Waals surface area contributed by atoms with Gasteiger partial charge in [0.05, 0.1) is 33.1 Å². The number of carbonyl (C=O) groups excluding carboxylic acids is 1. The first-order valence-corrected chi connectivity index (χ1v) is 14.7. The van der Waals surface area contributed by atoms with E-state index in [2.05, 4.69) is 24.8 Å². The topological polar surface area (TPSA) is 129 Å². The lowest BCUT2D eigenvalue weighted by atomic mass is 10.1. The highest BCUT2D eigenvalue weighted by atomic mass is 32.2. The first-order chi connectivity index (χ1) is 18.8. The lowest BCUT2D eigenvalue weighted by Gasteiger charge is -2.16. The van der Waals surface area contributed by atoms with Crippen molar-refractivity contribution in [2.45, 2.75) is 44.2 Å². The van der Waals surface area contributed by atoms with Crippen molar-refractivity contribution < 1.29 is 17.9 Å². The molecule has 0 radical (unpaired) electrons. The summed E-state index contributed by atoms with van der Waals surface area (Å²) in [5.74, 6) is 0.0117. The number of anilines is 1. The van der Waals surface area contributed by atoms with Crippen molar-refractivity contribution in [2.24, 2.45) is 0 Å². The Morgan fingerprint density at radius 2 is 1.92 bits per heavy atom. The van der Waals surface area contributed by atoms with Crippen molar-refractivity contribution >= 4 is 43.0 Å². The first-order valence-electron chi connectivity index (χ1n) is 12.4. The predicted octanol–water partition coefficient (Wildman–Crippen LogP) is 5.18. The minimum Gasteiger partial charge on any atom is -0.473 e. The number of nitrogens with one attached hydrogen (secondary N) is 1. The van der Waals surface area contributed by atoms with E-state index in [1.165, 1.54) is 29.8 Å². The lowest BCUT2D eigenvalue weighted by molar-refractivity contribution is 0.0978. The molecule has 39 heavy (non-hydrogen) atoms. The Labute approximate surface area is 228 Å². The fourth-order valence-corrected chi connectivity index (χ4v) is 6.57. The van der Waals surface area contributed by atoms with Gasteiger partial charge in [0.25, 0.3) is 10.0 Å². The molecule has 1 aliphatic rings. The number of fused-ring (bicyclic) bond motifs is 9. The van der Waals surface area contributed by atoms with E-state index in [0.717, 1.165) is 26.4 Å². The van der Waals surface area contributed by atoms with Gasteiger partial charge in [0, 0.05) is 46.9 Å². The molecule has 8 bridgehead atoms. The Kier molecular flexibility index (Phi) is 6.35. The van der Waals surface area contributed by atoms with Crippen LogP contribution in [0.3, 0.4) is 0 Å². The number of nitrogens with zero attached hydrogens (tertiary/aromatic N) is 5. The minimum absolute atomic E-state index is 0.0225. The zero-order chi connectivity index (χ0) is 27.1. The molecule has 0 saturated carbocycles. The molecule has 4 aromatic heterocycles. The SMILES string of the molecule is CC(C)Oc1ncc2cc1NS(=O)(=O)c1cccc(c1)C(=O)CCCn1cc(cn1)-c1ncnc3cc-2sc13. The number of hydrogen-bond donors (Lipinski definition) is 1. The maximum absolute atomic E-state index is 13.5. The third kappa shape index (κ3) is 5.00. The number of aryl methyl sites for hydroxylation is 1. The fourth-order valence-electron chi connectivity index (χ4n) is 4.37. The summed E-state index contributed by atoms with van der Waals surface area (Å²) in [4.78, 5) is 27.1. The summed E-state index contributed by atoms with van der Waals surface area (Å²) < 4.78 is 38.0. The van der Waals surface area contributed by atoms with Crippen LogP contribution < -0.4 is 9.46 Å². The van der Waals surface area contributed by atoms with Crippen molar-refractivity contribution in [1.29, 1.82) is 0 Å². The van der Waals surface area contributed by atoms with Crippen LogP contribution in [0.25, 0.3) is 31.9 Å². The number of carbonyl (C=O) groups is 1. The molecule has 0 aliphatic carbocycles. The molecular weight excluding hydrogens is 536 g/mol. The fraction of sp³-hybridized carbons (Fsp3) is 0.222. The van der Waals surface area contributed by atoms with Gasteiger partial charge < -0.3 is 4.74 Å². The number of ketones is 1. The van der Waals surface area contributed by atoms with Gasteiger partial charge in [0.2, 0.25) is 5.88 Å². The molecule has 1 aliphatic heterocycles. The van der Waals surface area contributed by atoms with Crippen LogP contribution >= 0.6 is 11.3 Å². The highest BCUT2D eigenvalue weighted by Crippen LogP contribution is 2.39. The summed E-state index contributed by atoms with van der Waals surface area (Å²) in [5, 5.41) is 4.46. The summed E-state index contributed by atoms with van der Waals surface area (Å²) in [6, 6.07) is 9.68. The first kappa shape index (κ1) is 25.1. The van der Waals surface area contributed by atoms with Crippen LogP contribution in [-0.2, 0) is 16.6 Å². The van der Waals surface area contributed by atoms with Crippen LogP contribution in [0.4, 0.5) is 5.69 Å². The third-order valence-electron chi connectivity index (χ3n) is 6.20. The Bertz CT molecular complexity index is 1830. The summed E-state index contributed by atoms with van der Waals surface area (Å²) in [6.07, 6.45) is 7.40. The highest BCUT2D eigenvalue weighted by molar-refractivity contribution is 7.92. The van der Waals surface area contributed by atoms with E-state index in [1.54, 1.807) is 35.3 Å². The van der Waals surface area contributed by atoms with E-state index >= 15 is 0 Å². The predicted molar refractivity (Wildman–Crippen MR) is 148 cm³/mol. The summed E-state index contributed by atoms with van der Waals surface area (Å²) in [6.45, 7) is 4.21. The molecule has 10 nitrogen and oxygen atoms in total. The van der Waals surface area contributed by atoms with E-state index in [-0.39, 0.29) is 34.8 Å². The van der Waals surface area contributed by atoms with Crippen LogP contribution in [0.15, 0.2) is 66.2 Å². The van der Waals surface area contributed by atoms with Gasteiger partial charge in [-0.3, -0.25) is 14.2 Å². The number of hydrogen-bond acceptors (Lipinski definition) is 9. The quantitative estimate of drug-likeness (QED) is 0.313. The average Bonchev–Trinajstić information content (AvgIpc) is 3.56. The molecule has 5 aromatic rings. The molecular formula is C27H24N6O4S2. The van der Waals surface area contributed by atoms with E-state index in [4.69, 9.17) is 4.74 Å². The highest BCUT2D eigenvalue weighted by Gasteiger charge is 2.22. The van der Waals surface area contributed by atoms with E-state index in [0.29, 0.717) is 24.1 Å². The van der Waals surface area contributed by atoms with Crippen LogP contribution in [0, 0.1) is 0 Å². The summed E-state index contributed by atoms with van der Waals surface area (Å²) in [5.41, 5.74) is 3.57. The van der Waals surface area contributed by atoms with E-state index in [9.17, 15) is 13.2 Å². The molecule has 1 N–H and O–H groups in total. The molecule has 1 aromatic carbocycles. The van der Waals surface area contributed by atoms with Gasteiger partial charge in [-0.15, -0.1) is 11.3 Å². The van der Waals surface area contributed by atoms with Crippen molar-refractivity contribution in [3.63, 3.8) is 0 Å². The van der Waals surface area contributed by atoms with E-state index in [1.807, 2.05) is 26.1 Å². The second-order valence-electron chi connectivity index (χ2n) is 9.44. The molecule has 0 amide bonds. The van der Waals surface area contributed by atoms with Gasteiger partial charge in [0.1, 0.15) is 12.0 Å². The van der Waals surface area contributed by atoms with Crippen LogP contribution in [-0.4, -0.2) is 45.0 Å². The number of thiophene rings is 1. The number of pyridine rings is 1. The zero-order valence-corrected chi connectivity index (χ0v) is 22.8. The minimum atomic E-state index is -4.06. The van der Waals surface area contributed by atoms with Crippen LogP contribution in [0.1, 0.15) is 37.0 Å². The van der Waals surface area contributed by atoms with Crippen molar-refractivity contribution in [1.82, 2.24) is 24.7 Å². The largest absolute Gasteiger partial charge is 0.473 e. The lowest BCUT2D eigenvalue weighted by Crippen LogP contribution is -2.16. The Hall–Kier alpha value is -4.16. The smallest absolute Gasteiger partial charge is 0.262 e. The summed E-state index contributed by atoms with van der Waals surface area (Å²) in [7, 11) is -4.06. The third-order valence-corrected chi connectivity index (χ3v) is 8.75. The van der Waals surface area contributed by atoms with Crippen LogP contribution in [0.2, 0.25) is 0 Å². The molecule has 0 spiro atoms. The van der Waals surface area contributed by atoms with Gasteiger partial charge in [-0.2, -0.15) is 5.10 Å². The monoisotopic (exact) mass is 560 g/mol. The van der Waals surface area contributed by atoms with Crippen molar-refractivity contribution in [3.8, 4) is 27.6 Å². The molecule has 0 fully saturated rings. The van der Waals surface area contributed by atoms with E-state index < -0.39 is 10.0 Å². The van der Waals surface area contributed by atoms with Crippen LogP contribution in [0.5, 0.6) is 5.88 Å². The zero-order valence-electron chi connectivity index (χ0n) is 21.2. The molecule has 12 heteroatoms. The Balaban J connectivity index is 1.53. The Morgan fingerprint density at radius 3 is 2.77 bits per heavy atom. The standard InChI is InChI=1S/C27H24N6O4S2/c1-16(2)37-27-22-10-18(12-28-27)24-11-21-26(38-24)25(30-15-29-21)19-13-31-33(14-19)8-4-7-23(34)17-5-3-6-20(9-17)39(35,36)32-22/h3,5-6,9-16,32H,4,7-8H2,1-2H3. The maximum atomic E-state index is 13.5. The van der Waals surface area contributed by atoms with Gasteiger partial charge >= 0.3 is 0 Å². The molecule has 5 heterocycles. The number of rotatable bonds is 2. The number of benzene rings is 1. The van der Waals surface area contributed by atoms with Gasteiger partial charge in [0.15, 0.2) is 5.78 Å². The molecule has 0 saturated heterocycles. The molecule has 0 atom stereocenters. The number of Topliss-reactive ketones (excluding diaryl/α,β-unsaturated/α-hetero) is 1. The molecule has 6 rings (SSSR count). The number of ether oxygens (including phenoxy) is 1. The maximum Gasteiger partial charge on any atom is 0.262 e. The average molecular weight is 561 g/mol. The second kappa shape index (κ2) is 9.86. The van der Waals surface area contributed by atoms with Gasteiger partial charge in [-0.1, -0.05) is 12.1 Å². The molecule has 198 valence electrons. The second-order valence-corrected chi connectivity index (χ2v) is 12.2. The number of sulfonamides is 1. The Morgan fingerprint density at radius 1 is 1.05 bits per heavy atom. The summed E-state index contributed by atoms with van der Waals surface area (Å²) >= 11 is 1.49. The van der Waals surface area contributed by atoms with Crippen molar-refractivity contribution in [2.75, 3.05) is 4.72 Å². The van der Waals surface area contributed by atoms with Gasteiger partial charge in [-0.25, -0.2) is 23.4 Å².